The monoisotopic (exact) mass is 357 g/mol. The molecule has 0 aliphatic heterocycles. The smallest absolute Gasteiger partial charge is 0.262 e. The molecule has 2 aromatic carbocycles. The Balaban J connectivity index is 1.68. The third-order valence-corrected chi connectivity index (χ3v) is 4.47. The first kappa shape index (κ1) is 18.1. The molecule has 1 amide bonds. The first-order valence-corrected chi connectivity index (χ1v) is 8.57. The van der Waals surface area contributed by atoms with E-state index in [-0.39, 0.29) is 12.5 Å². The van der Waals surface area contributed by atoms with Crippen molar-refractivity contribution in [3.8, 4) is 17.2 Å². The Hall–Kier alpha value is -2.73. The van der Waals surface area contributed by atoms with Crippen LogP contribution in [0.3, 0.4) is 0 Å². The average Bonchev–Trinajstić information content (AvgIpc) is 2.66. The molecule has 0 saturated heterocycles. The third-order valence-electron chi connectivity index (χ3n) is 4.47. The van der Waals surface area contributed by atoms with Crippen LogP contribution in [0.1, 0.15) is 30.1 Å². The van der Waals surface area contributed by atoms with Crippen molar-refractivity contribution < 1.29 is 24.1 Å². The number of carbonyl (C=O) groups is 1. The van der Waals surface area contributed by atoms with Gasteiger partial charge in [0.1, 0.15) is 17.2 Å². The van der Waals surface area contributed by atoms with E-state index in [4.69, 9.17) is 14.2 Å². The summed E-state index contributed by atoms with van der Waals surface area (Å²) in [5.41, 5.74) is 2.40. The minimum atomic E-state index is -0.461. The van der Waals surface area contributed by atoms with Gasteiger partial charge in [0.25, 0.3) is 5.91 Å². The zero-order chi connectivity index (χ0) is 18.5. The van der Waals surface area contributed by atoms with Crippen molar-refractivity contribution in [1.82, 2.24) is 0 Å². The van der Waals surface area contributed by atoms with E-state index >= 15 is 0 Å². The number of aliphatic hydroxyl groups excluding tert-OH is 1. The molecular formula is C20H23NO5. The van der Waals surface area contributed by atoms with Crippen molar-refractivity contribution in [1.29, 1.82) is 0 Å². The van der Waals surface area contributed by atoms with Crippen LogP contribution in [0.25, 0.3) is 0 Å². The van der Waals surface area contributed by atoms with Gasteiger partial charge in [0, 0.05) is 6.07 Å². The summed E-state index contributed by atoms with van der Waals surface area (Å²) in [6, 6.07) is 10.8. The molecule has 3 rings (SSSR count). The molecule has 0 heterocycles. The maximum Gasteiger partial charge on any atom is 0.262 e. The Bertz CT molecular complexity index is 790. The van der Waals surface area contributed by atoms with E-state index in [1.807, 2.05) is 18.2 Å². The molecule has 0 unspecified atom stereocenters. The lowest BCUT2D eigenvalue weighted by Gasteiger charge is -2.23. The molecule has 2 aromatic rings. The van der Waals surface area contributed by atoms with E-state index in [1.54, 1.807) is 25.3 Å². The summed E-state index contributed by atoms with van der Waals surface area (Å²) in [4.78, 5) is 12.3. The van der Waals surface area contributed by atoms with Gasteiger partial charge in [-0.05, 0) is 48.6 Å². The maximum absolute atomic E-state index is 12.3. The van der Waals surface area contributed by atoms with Gasteiger partial charge in [0.05, 0.1) is 26.0 Å². The van der Waals surface area contributed by atoms with E-state index in [0.717, 1.165) is 30.4 Å². The van der Waals surface area contributed by atoms with E-state index in [2.05, 4.69) is 5.32 Å². The zero-order valence-corrected chi connectivity index (χ0v) is 15.0. The fourth-order valence-electron chi connectivity index (χ4n) is 3.17. The van der Waals surface area contributed by atoms with Crippen molar-refractivity contribution in [2.45, 2.75) is 25.4 Å². The number of carbonyl (C=O) groups excluding carboxylic acids is 1. The Morgan fingerprint density at radius 1 is 1.19 bits per heavy atom. The Labute approximate surface area is 152 Å². The molecule has 6 heteroatoms. The van der Waals surface area contributed by atoms with Gasteiger partial charge in [0.2, 0.25) is 0 Å². The second kappa shape index (κ2) is 8.10. The SMILES string of the molecule is COc1ccc(OC)c(NC(=O)COc2cccc3c2CCC[C@H]3O)c1. The first-order valence-electron chi connectivity index (χ1n) is 8.57. The van der Waals surface area contributed by atoms with Gasteiger partial charge in [-0.15, -0.1) is 0 Å². The van der Waals surface area contributed by atoms with E-state index in [0.29, 0.717) is 22.9 Å². The van der Waals surface area contributed by atoms with Crippen molar-refractivity contribution in [3.05, 3.63) is 47.5 Å². The summed E-state index contributed by atoms with van der Waals surface area (Å²) >= 11 is 0. The van der Waals surface area contributed by atoms with Gasteiger partial charge in [0.15, 0.2) is 6.61 Å². The number of methoxy groups -OCH3 is 2. The lowest BCUT2D eigenvalue weighted by molar-refractivity contribution is -0.118. The molecule has 6 nitrogen and oxygen atoms in total. The summed E-state index contributed by atoms with van der Waals surface area (Å²) in [7, 11) is 3.10. The average molecular weight is 357 g/mol. The fourth-order valence-corrected chi connectivity index (χ4v) is 3.17. The number of nitrogens with one attached hydrogen (secondary N) is 1. The predicted molar refractivity (Wildman–Crippen MR) is 98.0 cm³/mol. The minimum Gasteiger partial charge on any atom is -0.497 e. The van der Waals surface area contributed by atoms with Crippen molar-refractivity contribution in [2.75, 3.05) is 26.1 Å². The number of hydrogen-bond donors (Lipinski definition) is 2. The van der Waals surface area contributed by atoms with Crippen molar-refractivity contribution >= 4 is 11.6 Å². The summed E-state index contributed by atoms with van der Waals surface area (Å²) in [6.45, 7) is -0.132. The molecular weight excluding hydrogens is 334 g/mol. The van der Waals surface area contributed by atoms with E-state index in [1.165, 1.54) is 7.11 Å². The third kappa shape index (κ3) is 3.91. The highest BCUT2D eigenvalue weighted by Crippen LogP contribution is 2.35. The van der Waals surface area contributed by atoms with Crippen LogP contribution in [0.2, 0.25) is 0 Å². The number of rotatable bonds is 6. The van der Waals surface area contributed by atoms with Crippen LogP contribution in [0.4, 0.5) is 5.69 Å². The molecule has 1 aliphatic carbocycles. The molecule has 2 N–H and O–H groups in total. The van der Waals surface area contributed by atoms with Crippen LogP contribution in [0.15, 0.2) is 36.4 Å². The normalized spacial score (nSPS) is 15.7. The molecule has 1 atom stereocenters. The van der Waals surface area contributed by atoms with Gasteiger partial charge >= 0.3 is 0 Å². The number of anilines is 1. The van der Waals surface area contributed by atoms with Crippen LogP contribution in [-0.4, -0.2) is 31.8 Å². The summed E-state index contributed by atoms with van der Waals surface area (Å²) < 4.78 is 16.2. The van der Waals surface area contributed by atoms with Crippen LogP contribution in [0.5, 0.6) is 17.2 Å². The molecule has 138 valence electrons. The lowest BCUT2D eigenvalue weighted by atomic mass is 9.89. The van der Waals surface area contributed by atoms with Gasteiger partial charge in [-0.25, -0.2) is 0 Å². The molecule has 0 fully saturated rings. The Kier molecular flexibility index (Phi) is 5.63. The molecule has 0 radical (unpaired) electrons. The molecule has 26 heavy (non-hydrogen) atoms. The maximum atomic E-state index is 12.3. The van der Waals surface area contributed by atoms with Gasteiger partial charge in [-0.1, -0.05) is 12.1 Å². The number of aliphatic hydroxyl groups is 1. The van der Waals surface area contributed by atoms with Gasteiger partial charge in [-0.3, -0.25) is 4.79 Å². The highest BCUT2D eigenvalue weighted by molar-refractivity contribution is 5.93. The van der Waals surface area contributed by atoms with Gasteiger partial charge in [-0.2, -0.15) is 0 Å². The van der Waals surface area contributed by atoms with Crippen LogP contribution in [0, 0.1) is 0 Å². The molecule has 1 aliphatic rings. The van der Waals surface area contributed by atoms with E-state index < -0.39 is 6.10 Å². The number of amides is 1. The second-order valence-corrected chi connectivity index (χ2v) is 6.14. The molecule has 0 saturated carbocycles. The number of benzene rings is 2. The molecule has 0 spiro atoms. The summed E-state index contributed by atoms with van der Waals surface area (Å²) in [5.74, 6) is 1.51. The van der Waals surface area contributed by atoms with Crippen LogP contribution < -0.4 is 19.5 Å². The standard InChI is InChI=1S/C20H23NO5/c1-24-13-9-10-19(25-2)16(11-13)21-20(23)12-26-18-8-4-5-14-15(18)6-3-7-17(14)22/h4-5,8-11,17,22H,3,6-7,12H2,1-2H3,(H,21,23)/t17-/m1/s1. The minimum absolute atomic E-state index is 0.132. The largest absolute Gasteiger partial charge is 0.497 e. The van der Waals surface area contributed by atoms with Crippen molar-refractivity contribution in [2.24, 2.45) is 0 Å². The second-order valence-electron chi connectivity index (χ2n) is 6.14. The highest BCUT2D eigenvalue weighted by Gasteiger charge is 2.21. The molecule has 0 aromatic heterocycles. The highest BCUT2D eigenvalue weighted by atomic mass is 16.5. The number of hydrogen-bond acceptors (Lipinski definition) is 5. The van der Waals surface area contributed by atoms with Crippen LogP contribution >= 0.6 is 0 Å². The Morgan fingerprint density at radius 2 is 2.04 bits per heavy atom. The van der Waals surface area contributed by atoms with Gasteiger partial charge < -0.3 is 24.6 Å². The van der Waals surface area contributed by atoms with Crippen LogP contribution in [-0.2, 0) is 11.2 Å². The molecule has 0 bridgehead atoms. The first-order chi connectivity index (χ1) is 12.6. The zero-order valence-electron chi connectivity index (χ0n) is 15.0. The quantitative estimate of drug-likeness (QED) is 0.831. The predicted octanol–water partition coefficient (Wildman–Crippen LogP) is 3.09. The Morgan fingerprint density at radius 3 is 2.81 bits per heavy atom. The topological polar surface area (TPSA) is 77.0 Å². The fraction of sp³-hybridized carbons (Fsp3) is 0.350. The summed E-state index contributed by atoms with van der Waals surface area (Å²) in [5, 5.41) is 12.9. The van der Waals surface area contributed by atoms with E-state index in [9.17, 15) is 9.90 Å². The lowest BCUT2D eigenvalue weighted by Crippen LogP contribution is -2.21. The summed E-state index contributed by atoms with van der Waals surface area (Å²) in [6.07, 6.45) is 2.04. The van der Waals surface area contributed by atoms with Crippen molar-refractivity contribution in [3.63, 3.8) is 0 Å². The number of ether oxygens (including phenoxy) is 3. The number of fused-ring (bicyclic) bond motifs is 1.